The Morgan fingerprint density at radius 3 is 2.76 bits per heavy atom. The zero-order valence-electron chi connectivity index (χ0n) is 13.1. The molecule has 1 saturated carbocycles. The van der Waals surface area contributed by atoms with Crippen LogP contribution in [0.15, 0.2) is 22.7 Å². The number of likely N-dealkylation sites (tertiary alicyclic amines) is 1. The Balaban J connectivity index is 1.61. The summed E-state index contributed by atoms with van der Waals surface area (Å²) in [5.74, 6) is 1.99. The number of benzene rings is 1. The minimum atomic E-state index is 0.937. The lowest BCUT2D eigenvalue weighted by Crippen LogP contribution is -2.41. The van der Waals surface area contributed by atoms with E-state index in [0.29, 0.717) is 0 Å². The lowest BCUT2D eigenvalue weighted by molar-refractivity contribution is 0.0819. The summed E-state index contributed by atoms with van der Waals surface area (Å²) in [5, 5.41) is 3.21. The number of hydrogen-bond acceptors (Lipinski definition) is 2. The van der Waals surface area contributed by atoms with E-state index in [2.05, 4.69) is 44.3 Å². The second kappa shape index (κ2) is 7.26. The van der Waals surface area contributed by atoms with Gasteiger partial charge in [0.05, 0.1) is 0 Å². The minimum absolute atomic E-state index is 0.937. The summed E-state index contributed by atoms with van der Waals surface area (Å²) < 4.78 is 1.26. The van der Waals surface area contributed by atoms with Gasteiger partial charge in [-0.3, -0.25) is 4.90 Å². The van der Waals surface area contributed by atoms with E-state index in [0.717, 1.165) is 24.9 Å². The first-order valence-electron chi connectivity index (χ1n) is 8.40. The van der Waals surface area contributed by atoms with Crippen LogP contribution in [0.4, 0.5) is 0 Å². The van der Waals surface area contributed by atoms with Gasteiger partial charge in [0.2, 0.25) is 0 Å². The first kappa shape index (κ1) is 15.5. The molecule has 1 aromatic carbocycles. The Kier molecular flexibility index (Phi) is 5.36. The highest BCUT2D eigenvalue weighted by Crippen LogP contribution is 2.36. The molecule has 3 heteroatoms. The van der Waals surface area contributed by atoms with Crippen molar-refractivity contribution < 1.29 is 0 Å². The van der Waals surface area contributed by atoms with Gasteiger partial charge in [0.25, 0.3) is 0 Å². The topological polar surface area (TPSA) is 15.3 Å². The van der Waals surface area contributed by atoms with Crippen LogP contribution in [0.1, 0.15) is 43.2 Å². The molecule has 2 fully saturated rings. The van der Waals surface area contributed by atoms with E-state index in [1.54, 1.807) is 0 Å². The molecule has 1 N–H and O–H groups in total. The van der Waals surface area contributed by atoms with Gasteiger partial charge >= 0.3 is 0 Å². The molecule has 3 rings (SSSR count). The predicted octanol–water partition coefficient (Wildman–Crippen LogP) is 4.18. The molecule has 1 aliphatic carbocycles. The van der Waals surface area contributed by atoms with Gasteiger partial charge in [0.1, 0.15) is 0 Å². The quantitative estimate of drug-likeness (QED) is 0.875. The molecule has 1 aliphatic heterocycles. The predicted molar refractivity (Wildman–Crippen MR) is 92.2 cm³/mol. The molecule has 116 valence electrons. The maximum absolute atomic E-state index is 3.76. The number of nitrogens with zero attached hydrogens (tertiary/aromatic N) is 1. The molecule has 0 radical (unpaired) electrons. The van der Waals surface area contributed by atoms with E-state index < -0.39 is 0 Å². The van der Waals surface area contributed by atoms with Crippen molar-refractivity contribution in [3.63, 3.8) is 0 Å². The summed E-state index contributed by atoms with van der Waals surface area (Å²) in [7, 11) is 2.00. The summed E-state index contributed by atoms with van der Waals surface area (Å²) in [5.41, 5.74) is 2.78. The third-order valence-electron chi connectivity index (χ3n) is 5.27. The lowest BCUT2D eigenvalue weighted by atomic mass is 9.75. The van der Waals surface area contributed by atoms with Gasteiger partial charge in [-0.2, -0.15) is 0 Å². The fourth-order valence-electron chi connectivity index (χ4n) is 4.09. The smallest absolute Gasteiger partial charge is 0.0245 e. The number of hydrogen-bond donors (Lipinski definition) is 1. The first-order valence-corrected chi connectivity index (χ1v) is 9.20. The van der Waals surface area contributed by atoms with Gasteiger partial charge in [0, 0.05) is 24.1 Å². The molecule has 2 aliphatic rings. The van der Waals surface area contributed by atoms with Crippen molar-refractivity contribution in [2.24, 2.45) is 11.8 Å². The zero-order chi connectivity index (χ0) is 14.7. The second-order valence-corrected chi connectivity index (χ2v) is 7.64. The number of piperidine rings is 1. The molecule has 2 nitrogen and oxygen atoms in total. The largest absolute Gasteiger partial charge is 0.316 e. The van der Waals surface area contributed by atoms with Crippen LogP contribution in [0.2, 0.25) is 0 Å². The zero-order valence-corrected chi connectivity index (χ0v) is 14.7. The number of nitrogens with one attached hydrogen (secondary N) is 1. The van der Waals surface area contributed by atoms with Gasteiger partial charge in [0.15, 0.2) is 0 Å². The molecule has 2 atom stereocenters. The highest BCUT2D eigenvalue weighted by molar-refractivity contribution is 9.10. The normalized spacial score (nSPS) is 26.6. The molecule has 1 aromatic rings. The number of fused-ring (bicyclic) bond motifs is 1. The first-order chi connectivity index (χ1) is 10.3. The standard InChI is InChI=1S/C18H27BrN2/c1-20-11-14-6-7-17(18(19)10-14)13-21-9-8-15-4-2-3-5-16(15)12-21/h6-7,10,15-16,20H,2-5,8-9,11-13H2,1H3. The highest BCUT2D eigenvalue weighted by atomic mass is 79.9. The minimum Gasteiger partial charge on any atom is -0.316 e. The van der Waals surface area contributed by atoms with Crippen LogP contribution < -0.4 is 5.32 Å². The van der Waals surface area contributed by atoms with Crippen LogP contribution in [-0.4, -0.2) is 25.0 Å². The molecule has 1 heterocycles. The third-order valence-corrected chi connectivity index (χ3v) is 6.01. The van der Waals surface area contributed by atoms with E-state index in [1.165, 1.54) is 60.8 Å². The Morgan fingerprint density at radius 1 is 1.19 bits per heavy atom. The van der Waals surface area contributed by atoms with Gasteiger partial charge in [-0.05, 0) is 55.5 Å². The Bertz CT molecular complexity index is 474. The summed E-state index contributed by atoms with van der Waals surface area (Å²) in [6, 6.07) is 6.81. The number of halogens is 1. The van der Waals surface area contributed by atoms with E-state index in [9.17, 15) is 0 Å². The summed E-state index contributed by atoms with van der Waals surface area (Å²) in [6.07, 6.45) is 7.29. The maximum Gasteiger partial charge on any atom is 0.0245 e. The van der Waals surface area contributed by atoms with Crippen LogP contribution >= 0.6 is 15.9 Å². The van der Waals surface area contributed by atoms with Gasteiger partial charge in [-0.1, -0.05) is 47.3 Å². The van der Waals surface area contributed by atoms with Crippen LogP contribution in [0.25, 0.3) is 0 Å². The van der Waals surface area contributed by atoms with Crippen molar-refractivity contribution in [1.29, 1.82) is 0 Å². The van der Waals surface area contributed by atoms with Crippen LogP contribution in [0.5, 0.6) is 0 Å². The number of rotatable bonds is 4. The molecule has 2 unspecified atom stereocenters. The average molecular weight is 351 g/mol. The van der Waals surface area contributed by atoms with Gasteiger partial charge < -0.3 is 5.32 Å². The van der Waals surface area contributed by atoms with E-state index in [1.807, 2.05) is 7.05 Å². The molecule has 21 heavy (non-hydrogen) atoms. The Hall–Kier alpha value is -0.380. The van der Waals surface area contributed by atoms with E-state index >= 15 is 0 Å². The van der Waals surface area contributed by atoms with E-state index in [4.69, 9.17) is 0 Å². The fourth-order valence-corrected chi connectivity index (χ4v) is 4.65. The van der Waals surface area contributed by atoms with E-state index in [-0.39, 0.29) is 0 Å². The maximum atomic E-state index is 3.76. The third kappa shape index (κ3) is 3.88. The Labute approximate surface area is 137 Å². The summed E-state index contributed by atoms with van der Waals surface area (Å²) in [6.45, 7) is 4.64. The monoisotopic (exact) mass is 350 g/mol. The molecule has 1 saturated heterocycles. The summed E-state index contributed by atoms with van der Waals surface area (Å²) >= 11 is 3.76. The van der Waals surface area contributed by atoms with Crippen molar-refractivity contribution in [2.75, 3.05) is 20.1 Å². The van der Waals surface area contributed by atoms with Crippen molar-refractivity contribution in [3.05, 3.63) is 33.8 Å². The van der Waals surface area contributed by atoms with Crippen LogP contribution in [0.3, 0.4) is 0 Å². The van der Waals surface area contributed by atoms with Crippen molar-refractivity contribution in [3.8, 4) is 0 Å². The van der Waals surface area contributed by atoms with Crippen LogP contribution in [-0.2, 0) is 13.1 Å². The van der Waals surface area contributed by atoms with Gasteiger partial charge in [-0.15, -0.1) is 0 Å². The Morgan fingerprint density at radius 2 is 2.00 bits per heavy atom. The molecule has 0 aromatic heterocycles. The van der Waals surface area contributed by atoms with Crippen LogP contribution in [0, 0.1) is 11.8 Å². The molecule has 0 amide bonds. The highest BCUT2D eigenvalue weighted by Gasteiger charge is 2.31. The SMILES string of the molecule is CNCc1ccc(CN2CCC3CCCCC3C2)c(Br)c1. The van der Waals surface area contributed by atoms with Crippen molar-refractivity contribution in [1.82, 2.24) is 10.2 Å². The van der Waals surface area contributed by atoms with Crippen molar-refractivity contribution >= 4 is 15.9 Å². The van der Waals surface area contributed by atoms with Gasteiger partial charge in [-0.25, -0.2) is 0 Å². The molecular formula is C18H27BrN2. The van der Waals surface area contributed by atoms with Crippen molar-refractivity contribution in [2.45, 2.75) is 45.2 Å². The second-order valence-electron chi connectivity index (χ2n) is 6.78. The molecular weight excluding hydrogens is 324 g/mol. The molecule has 0 spiro atoms. The summed E-state index contributed by atoms with van der Waals surface area (Å²) in [4.78, 5) is 2.67. The fraction of sp³-hybridized carbons (Fsp3) is 0.667. The lowest BCUT2D eigenvalue weighted by Gasteiger charge is -2.41. The average Bonchev–Trinajstić information content (AvgIpc) is 2.50. The molecule has 0 bridgehead atoms.